The molecule has 1 aliphatic rings. The lowest BCUT2D eigenvalue weighted by Gasteiger charge is -2.13. The molecule has 1 fully saturated rings. The molecule has 0 unspecified atom stereocenters. The summed E-state index contributed by atoms with van der Waals surface area (Å²) in [6.07, 6.45) is 1.71. The van der Waals surface area contributed by atoms with Crippen LogP contribution in [0.2, 0.25) is 0 Å². The van der Waals surface area contributed by atoms with Crippen LogP contribution in [0.25, 0.3) is 6.08 Å². The van der Waals surface area contributed by atoms with Crippen LogP contribution >= 0.6 is 11.8 Å². The van der Waals surface area contributed by atoms with Crippen LogP contribution in [0.15, 0.2) is 53.4 Å². The third-order valence-corrected chi connectivity index (χ3v) is 4.86. The van der Waals surface area contributed by atoms with E-state index in [1.165, 1.54) is 4.90 Å². The summed E-state index contributed by atoms with van der Waals surface area (Å²) in [7, 11) is 0. The van der Waals surface area contributed by atoms with Gasteiger partial charge in [-0.15, -0.1) is 0 Å². The molecule has 5 nitrogen and oxygen atoms in total. The number of nitrogens with zero attached hydrogens (tertiary/aromatic N) is 1. The first-order valence-corrected chi connectivity index (χ1v) is 9.57. The minimum absolute atomic E-state index is 0.211. The van der Waals surface area contributed by atoms with Crippen LogP contribution in [0.3, 0.4) is 0 Å². The Bertz CT molecular complexity index is 878. The van der Waals surface area contributed by atoms with Gasteiger partial charge in [0.15, 0.2) is 0 Å². The minimum Gasteiger partial charge on any atom is -0.493 e. The van der Waals surface area contributed by atoms with Crippen molar-refractivity contribution in [2.45, 2.75) is 13.8 Å². The molecule has 0 aromatic heterocycles. The molecule has 6 heteroatoms. The number of ether oxygens (including phenoxy) is 2. The van der Waals surface area contributed by atoms with E-state index in [1.54, 1.807) is 6.08 Å². The van der Waals surface area contributed by atoms with Gasteiger partial charge in [-0.05, 0) is 55.4 Å². The maximum Gasteiger partial charge on any atom is 0.293 e. The number of amides is 2. The molecule has 2 amide bonds. The summed E-state index contributed by atoms with van der Waals surface area (Å²) in [6.45, 7) is 4.88. The number of imide groups is 1. The van der Waals surface area contributed by atoms with Gasteiger partial charge in [-0.3, -0.25) is 14.5 Å². The number of benzene rings is 2. The standard InChI is InChI=1S/C21H21NO4S/c1-3-25-18-10-5-4-8-16(18)14-19-20(23)22(21(24)27-19)11-12-26-17-9-6-7-15(2)13-17/h4-10,13-14H,3,11-12H2,1-2H3/b19-14-. The highest BCUT2D eigenvalue weighted by atomic mass is 32.2. The number of aryl methyl sites for hydroxylation is 1. The monoisotopic (exact) mass is 383 g/mol. The zero-order chi connectivity index (χ0) is 19.2. The van der Waals surface area contributed by atoms with Crippen molar-refractivity contribution in [1.29, 1.82) is 0 Å². The second-order valence-corrected chi connectivity index (χ2v) is 6.96. The van der Waals surface area contributed by atoms with E-state index < -0.39 is 0 Å². The van der Waals surface area contributed by atoms with Gasteiger partial charge in [0.1, 0.15) is 18.1 Å². The van der Waals surface area contributed by atoms with Crippen LogP contribution in [-0.2, 0) is 4.79 Å². The molecule has 1 aliphatic heterocycles. The van der Waals surface area contributed by atoms with Crippen molar-refractivity contribution in [2.75, 3.05) is 19.8 Å². The van der Waals surface area contributed by atoms with Gasteiger partial charge in [-0.2, -0.15) is 0 Å². The Balaban J connectivity index is 1.66. The molecule has 0 saturated carbocycles. The number of hydrogen-bond donors (Lipinski definition) is 0. The fourth-order valence-corrected chi connectivity index (χ4v) is 3.54. The molecule has 0 atom stereocenters. The van der Waals surface area contributed by atoms with Crippen molar-refractivity contribution in [3.05, 3.63) is 64.6 Å². The second-order valence-electron chi connectivity index (χ2n) is 5.97. The van der Waals surface area contributed by atoms with E-state index in [0.717, 1.165) is 28.6 Å². The Morgan fingerprint density at radius 2 is 1.89 bits per heavy atom. The SMILES string of the molecule is CCOc1ccccc1/C=C1\SC(=O)N(CCOc2cccc(C)c2)C1=O. The van der Waals surface area contributed by atoms with Crippen LogP contribution in [-0.4, -0.2) is 35.8 Å². The number of para-hydroxylation sites is 1. The average Bonchev–Trinajstić information content (AvgIpc) is 2.91. The van der Waals surface area contributed by atoms with Gasteiger partial charge in [0.05, 0.1) is 18.1 Å². The van der Waals surface area contributed by atoms with Crippen LogP contribution in [0.5, 0.6) is 11.5 Å². The number of carbonyl (C=O) groups is 2. The normalized spacial score (nSPS) is 15.5. The van der Waals surface area contributed by atoms with Gasteiger partial charge >= 0.3 is 0 Å². The van der Waals surface area contributed by atoms with E-state index in [0.29, 0.717) is 17.3 Å². The fraction of sp³-hybridized carbons (Fsp3) is 0.238. The van der Waals surface area contributed by atoms with Gasteiger partial charge in [0.2, 0.25) is 0 Å². The third kappa shape index (κ3) is 4.71. The Kier molecular flexibility index (Phi) is 6.19. The Labute approximate surface area is 163 Å². The molecule has 0 N–H and O–H groups in total. The highest BCUT2D eigenvalue weighted by Gasteiger charge is 2.35. The van der Waals surface area contributed by atoms with Gasteiger partial charge in [-0.25, -0.2) is 0 Å². The predicted molar refractivity (Wildman–Crippen MR) is 107 cm³/mol. The van der Waals surface area contributed by atoms with Crippen molar-refractivity contribution in [2.24, 2.45) is 0 Å². The Hall–Kier alpha value is -2.73. The third-order valence-electron chi connectivity index (χ3n) is 3.95. The summed E-state index contributed by atoms with van der Waals surface area (Å²) in [5, 5.41) is -0.284. The number of rotatable bonds is 7. The molecule has 27 heavy (non-hydrogen) atoms. The smallest absolute Gasteiger partial charge is 0.293 e. The van der Waals surface area contributed by atoms with Crippen LogP contribution < -0.4 is 9.47 Å². The molecule has 0 radical (unpaired) electrons. The first-order chi connectivity index (χ1) is 13.1. The van der Waals surface area contributed by atoms with Crippen LogP contribution in [0, 0.1) is 6.92 Å². The van der Waals surface area contributed by atoms with E-state index in [4.69, 9.17) is 9.47 Å². The largest absolute Gasteiger partial charge is 0.493 e. The number of hydrogen-bond acceptors (Lipinski definition) is 5. The molecule has 3 rings (SSSR count). The van der Waals surface area contributed by atoms with Crippen molar-refractivity contribution >= 4 is 29.0 Å². The molecule has 0 spiro atoms. The topological polar surface area (TPSA) is 55.8 Å². The van der Waals surface area contributed by atoms with Gasteiger partial charge in [-0.1, -0.05) is 30.3 Å². The highest BCUT2D eigenvalue weighted by molar-refractivity contribution is 8.18. The quantitative estimate of drug-likeness (QED) is 0.659. The molecular formula is C21H21NO4S. The predicted octanol–water partition coefficient (Wildman–Crippen LogP) is 4.51. The maximum absolute atomic E-state index is 12.6. The van der Waals surface area contributed by atoms with Gasteiger partial charge < -0.3 is 9.47 Å². The van der Waals surface area contributed by atoms with E-state index >= 15 is 0 Å². The Morgan fingerprint density at radius 3 is 2.67 bits per heavy atom. The first kappa shape index (κ1) is 19.0. The summed E-state index contributed by atoms with van der Waals surface area (Å²) in [4.78, 5) is 26.4. The van der Waals surface area contributed by atoms with E-state index in [-0.39, 0.29) is 24.3 Å². The summed E-state index contributed by atoms with van der Waals surface area (Å²) in [6, 6.07) is 15.1. The van der Waals surface area contributed by atoms with Crippen LogP contribution in [0.1, 0.15) is 18.1 Å². The highest BCUT2D eigenvalue weighted by Crippen LogP contribution is 2.33. The molecule has 0 bridgehead atoms. The van der Waals surface area contributed by atoms with E-state index in [2.05, 4.69) is 0 Å². The Morgan fingerprint density at radius 1 is 1.07 bits per heavy atom. The van der Waals surface area contributed by atoms with Crippen molar-refractivity contribution in [3.63, 3.8) is 0 Å². The molecule has 1 heterocycles. The molecule has 1 saturated heterocycles. The van der Waals surface area contributed by atoms with E-state index in [1.807, 2.05) is 62.4 Å². The average molecular weight is 383 g/mol. The van der Waals surface area contributed by atoms with Gasteiger partial charge in [0.25, 0.3) is 11.1 Å². The van der Waals surface area contributed by atoms with E-state index in [9.17, 15) is 9.59 Å². The number of thioether (sulfide) groups is 1. The number of carbonyl (C=O) groups excluding carboxylic acids is 2. The first-order valence-electron chi connectivity index (χ1n) is 8.75. The maximum atomic E-state index is 12.6. The fourth-order valence-electron chi connectivity index (χ4n) is 2.68. The molecular weight excluding hydrogens is 362 g/mol. The van der Waals surface area contributed by atoms with Crippen molar-refractivity contribution in [3.8, 4) is 11.5 Å². The molecule has 2 aromatic carbocycles. The second kappa shape index (κ2) is 8.77. The summed E-state index contributed by atoms with van der Waals surface area (Å²) < 4.78 is 11.2. The lowest BCUT2D eigenvalue weighted by Crippen LogP contribution is -2.32. The lowest BCUT2D eigenvalue weighted by atomic mass is 10.2. The van der Waals surface area contributed by atoms with Crippen molar-refractivity contribution in [1.82, 2.24) is 4.90 Å². The molecule has 140 valence electrons. The minimum atomic E-state index is -0.302. The summed E-state index contributed by atoms with van der Waals surface area (Å²) in [5.41, 5.74) is 1.87. The summed E-state index contributed by atoms with van der Waals surface area (Å²) in [5.74, 6) is 1.11. The lowest BCUT2D eigenvalue weighted by molar-refractivity contribution is -0.123. The van der Waals surface area contributed by atoms with Gasteiger partial charge in [0, 0.05) is 5.56 Å². The zero-order valence-electron chi connectivity index (χ0n) is 15.3. The molecule has 0 aliphatic carbocycles. The summed E-state index contributed by atoms with van der Waals surface area (Å²) >= 11 is 0.940. The molecule has 2 aromatic rings. The van der Waals surface area contributed by atoms with Crippen LogP contribution in [0.4, 0.5) is 4.79 Å². The zero-order valence-corrected chi connectivity index (χ0v) is 16.1. The van der Waals surface area contributed by atoms with Crippen molar-refractivity contribution < 1.29 is 19.1 Å².